The molecule has 0 aliphatic rings. The zero-order chi connectivity index (χ0) is 8.43. The van der Waals surface area contributed by atoms with Crippen LogP contribution in [0, 0.1) is 13.8 Å². The van der Waals surface area contributed by atoms with E-state index in [0.29, 0.717) is 6.54 Å². The lowest BCUT2D eigenvalue weighted by Gasteiger charge is -2.06. The fourth-order valence-electron chi connectivity index (χ4n) is 1.10. The highest BCUT2D eigenvalue weighted by Crippen LogP contribution is 2.19. The van der Waals surface area contributed by atoms with Crippen LogP contribution in [0.15, 0.2) is 12.1 Å². The molecular formula is C9H12ClN. The Labute approximate surface area is 72.2 Å². The lowest BCUT2D eigenvalue weighted by atomic mass is 10.0. The van der Waals surface area contributed by atoms with Crippen molar-refractivity contribution in [1.29, 1.82) is 0 Å². The second-order valence-corrected chi connectivity index (χ2v) is 3.15. The molecule has 11 heavy (non-hydrogen) atoms. The van der Waals surface area contributed by atoms with Gasteiger partial charge in [-0.2, -0.15) is 0 Å². The standard InChI is InChI=1S/C9H12ClN/c1-6-3-9(10)4-8(5-11)7(6)2/h3-4H,5,11H2,1-2H3. The van der Waals surface area contributed by atoms with Gasteiger partial charge in [0.2, 0.25) is 0 Å². The van der Waals surface area contributed by atoms with E-state index in [-0.39, 0.29) is 0 Å². The molecule has 0 aromatic heterocycles. The van der Waals surface area contributed by atoms with Gasteiger partial charge in [-0.1, -0.05) is 11.6 Å². The molecule has 0 bridgehead atoms. The average Bonchev–Trinajstić information content (AvgIpc) is 1.96. The van der Waals surface area contributed by atoms with Crippen LogP contribution in [0.3, 0.4) is 0 Å². The summed E-state index contributed by atoms with van der Waals surface area (Å²) in [6.07, 6.45) is 0. The van der Waals surface area contributed by atoms with E-state index in [2.05, 4.69) is 6.92 Å². The smallest absolute Gasteiger partial charge is 0.0412 e. The average molecular weight is 170 g/mol. The highest BCUT2D eigenvalue weighted by atomic mass is 35.5. The van der Waals surface area contributed by atoms with Crippen molar-refractivity contribution in [3.63, 3.8) is 0 Å². The van der Waals surface area contributed by atoms with Crippen molar-refractivity contribution in [3.8, 4) is 0 Å². The lowest BCUT2D eigenvalue weighted by molar-refractivity contribution is 1.04. The van der Waals surface area contributed by atoms with Crippen LogP contribution >= 0.6 is 11.6 Å². The first kappa shape index (κ1) is 8.57. The topological polar surface area (TPSA) is 26.0 Å². The Morgan fingerprint density at radius 3 is 2.55 bits per heavy atom. The molecule has 0 fully saturated rings. The molecule has 1 rings (SSSR count). The van der Waals surface area contributed by atoms with Gasteiger partial charge in [0.15, 0.2) is 0 Å². The van der Waals surface area contributed by atoms with Gasteiger partial charge < -0.3 is 5.73 Å². The summed E-state index contributed by atoms with van der Waals surface area (Å²) in [7, 11) is 0. The summed E-state index contributed by atoms with van der Waals surface area (Å²) in [5, 5.41) is 0.772. The van der Waals surface area contributed by atoms with Crippen molar-refractivity contribution in [2.24, 2.45) is 5.73 Å². The Morgan fingerprint density at radius 2 is 2.00 bits per heavy atom. The van der Waals surface area contributed by atoms with Crippen molar-refractivity contribution in [2.45, 2.75) is 20.4 Å². The summed E-state index contributed by atoms with van der Waals surface area (Å²) in [4.78, 5) is 0. The second-order valence-electron chi connectivity index (χ2n) is 2.71. The molecule has 1 nitrogen and oxygen atoms in total. The van der Waals surface area contributed by atoms with Crippen molar-refractivity contribution in [1.82, 2.24) is 0 Å². The number of aryl methyl sites for hydroxylation is 1. The van der Waals surface area contributed by atoms with Crippen molar-refractivity contribution in [3.05, 3.63) is 33.8 Å². The Balaban J connectivity index is 3.24. The molecular weight excluding hydrogens is 158 g/mol. The molecule has 0 aliphatic heterocycles. The molecule has 0 atom stereocenters. The fraction of sp³-hybridized carbons (Fsp3) is 0.333. The molecule has 0 aliphatic carbocycles. The maximum Gasteiger partial charge on any atom is 0.0412 e. The Morgan fingerprint density at radius 1 is 1.36 bits per heavy atom. The monoisotopic (exact) mass is 169 g/mol. The predicted octanol–water partition coefficient (Wildman–Crippen LogP) is 2.42. The van der Waals surface area contributed by atoms with Crippen molar-refractivity contribution >= 4 is 11.6 Å². The molecule has 1 aromatic carbocycles. The zero-order valence-electron chi connectivity index (χ0n) is 6.82. The Bertz CT molecular complexity index is 269. The normalized spacial score (nSPS) is 10.2. The number of hydrogen-bond acceptors (Lipinski definition) is 1. The second kappa shape index (κ2) is 3.24. The summed E-state index contributed by atoms with van der Waals surface area (Å²) in [5.74, 6) is 0. The molecule has 0 saturated carbocycles. The van der Waals surface area contributed by atoms with Crippen molar-refractivity contribution < 1.29 is 0 Å². The summed E-state index contributed by atoms with van der Waals surface area (Å²) in [6.45, 7) is 4.67. The predicted molar refractivity (Wildman–Crippen MR) is 48.8 cm³/mol. The van der Waals surface area contributed by atoms with Gasteiger partial charge in [-0.3, -0.25) is 0 Å². The Hall–Kier alpha value is -0.530. The maximum absolute atomic E-state index is 5.85. The van der Waals surface area contributed by atoms with Gasteiger partial charge in [0, 0.05) is 11.6 Å². The first-order chi connectivity index (χ1) is 5.15. The van der Waals surface area contributed by atoms with E-state index in [4.69, 9.17) is 17.3 Å². The van der Waals surface area contributed by atoms with Gasteiger partial charge in [-0.15, -0.1) is 0 Å². The van der Waals surface area contributed by atoms with Gasteiger partial charge in [0.1, 0.15) is 0 Å². The molecule has 0 radical (unpaired) electrons. The molecule has 1 aromatic rings. The van der Waals surface area contributed by atoms with Crippen LogP contribution in [-0.4, -0.2) is 0 Å². The van der Waals surface area contributed by atoms with Crippen LogP contribution in [0.4, 0.5) is 0 Å². The van der Waals surface area contributed by atoms with Crippen LogP contribution in [0.1, 0.15) is 16.7 Å². The molecule has 2 N–H and O–H groups in total. The molecule has 60 valence electrons. The zero-order valence-corrected chi connectivity index (χ0v) is 7.57. The summed E-state index contributed by atoms with van der Waals surface area (Å²) in [5.41, 5.74) is 9.12. The minimum Gasteiger partial charge on any atom is -0.326 e. The van der Waals surface area contributed by atoms with Gasteiger partial charge in [0.25, 0.3) is 0 Å². The van der Waals surface area contributed by atoms with Crippen LogP contribution < -0.4 is 5.73 Å². The first-order valence-electron chi connectivity index (χ1n) is 3.61. The highest BCUT2D eigenvalue weighted by molar-refractivity contribution is 6.30. The van der Waals surface area contributed by atoms with Gasteiger partial charge in [-0.25, -0.2) is 0 Å². The third kappa shape index (κ3) is 1.73. The highest BCUT2D eigenvalue weighted by Gasteiger charge is 2.00. The van der Waals surface area contributed by atoms with Crippen LogP contribution in [0.2, 0.25) is 5.02 Å². The Kier molecular flexibility index (Phi) is 2.53. The third-order valence-corrected chi connectivity index (χ3v) is 2.18. The molecule has 0 saturated heterocycles. The number of hydrogen-bond donors (Lipinski definition) is 1. The quantitative estimate of drug-likeness (QED) is 0.687. The minimum atomic E-state index is 0.563. The number of rotatable bonds is 1. The number of nitrogens with two attached hydrogens (primary N) is 1. The fourth-order valence-corrected chi connectivity index (χ4v) is 1.39. The SMILES string of the molecule is Cc1cc(Cl)cc(CN)c1C. The summed E-state index contributed by atoms with van der Waals surface area (Å²) in [6, 6.07) is 3.87. The summed E-state index contributed by atoms with van der Waals surface area (Å²) < 4.78 is 0. The molecule has 0 amide bonds. The van der Waals surface area contributed by atoms with E-state index in [9.17, 15) is 0 Å². The summed E-state index contributed by atoms with van der Waals surface area (Å²) >= 11 is 5.85. The van der Waals surface area contributed by atoms with E-state index in [1.807, 2.05) is 19.1 Å². The number of halogens is 1. The van der Waals surface area contributed by atoms with Crippen molar-refractivity contribution in [2.75, 3.05) is 0 Å². The first-order valence-corrected chi connectivity index (χ1v) is 3.98. The van der Waals surface area contributed by atoms with E-state index in [1.165, 1.54) is 11.1 Å². The van der Waals surface area contributed by atoms with Gasteiger partial charge in [-0.05, 0) is 42.7 Å². The molecule has 0 spiro atoms. The largest absolute Gasteiger partial charge is 0.326 e. The van der Waals surface area contributed by atoms with Gasteiger partial charge in [0.05, 0.1) is 0 Å². The van der Waals surface area contributed by atoms with Gasteiger partial charge >= 0.3 is 0 Å². The van der Waals surface area contributed by atoms with E-state index in [1.54, 1.807) is 0 Å². The van der Waals surface area contributed by atoms with E-state index in [0.717, 1.165) is 10.6 Å². The number of benzene rings is 1. The molecule has 0 unspecified atom stereocenters. The molecule has 2 heteroatoms. The van der Waals surface area contributed by atoms with E-state index >= 15 is 0 Å². The maximum atomic E-state index is 5.85. The van der Waals surface area contributed by atoms with Crippen LogP contribution in [0.25, 0.3) is 0 Å². The molecule has 0 heterocycles. The van der Waals surface area contributed by atoms with E-state index < -0.39 is 0 Å². The third-order valence-electron chi connectivity index (χ3n) is 1.96. The van der Waals surface area contributed by atoms with Crippen LogP contribution in [-0.2, 0) is 6.54 Å². The van der Waals surface area contributed by atoms with Crippen LogP contribution in [0.5, 0.6) is 0 Å². The minimum absolute atomic E-state index is 0.563. The lowest BCUT2D eigenvalue weighted by Crippen LogP contribution is -2.00.